The second-order valence-electron chi connectivity index (χ2n) is 4.45. The van der Waals surface area contributed by atoms with Gasteiger partial charge in [0.25, 0.3) is 0 Å². The van der Waals surface area contributed by atoms with Gasteiger partial charge >= 0.3 is 0 Å². The first-order chi connectivity index (χ1) is 10.1. The lowest BCUT2D eigenvalue weighted by Gasteiger charge is -2.18. The fourth-order valence-corrected chi connectivity index (χ4v) is 2.84. The van der Waals surface area contributed by atoms with E-state index < -0.39 is 11.9 Å². The summed E-state index contributed by atoms with van der Waals surface area (Å²) in [5.74, 6) is 0.408. The first-order valence-electron chi connectivity index (χ1n) is 6.42. The summed E-state index contributed by atoms with van der Waals surface area (Å²) < 4.78 is 24.6. The first-order valence-corrected chi connectivity index (χ1v) is 7.64. The van der Waals surface area contributed by atoms with Gasteiger partial charge in [-0.15, -0.1) is 11.8 Å². The highest BCUT2D eigenvalue weighted by molar-refractivity contribution is 7.98. The van der Waals surface area contributed by atoms with Crippen LogP contribution in [-0.4, -0.2) is 20.5 Å². The van der Waals surface area contributed by atoms with Gasteiger partial charge in [0, 0.05) is 16.5 Å². The zero-order chi connectivity index (χ0) is 15.4. The van der Waals surface area contributed by atoms with Crippen LogP contribution in [0, 0.1) is 5.82 Å². The third-order valence-electron chi connectivity index (χ3n) is 3.31. The summed E-state index contributed by atoms with van der Waals surface area (Å²) in [6.45, 7) is 0. The monoisotopic (exact) mass is 307 g/mol. The number of methoxy groups -OCH3 is 2. The van der Waals surface area contributed by atoms with Crippen molar-refractivity contribution in [3.05, 3.63) is 53.3 Å². The van der Waals surface area contributed by atoms with E-state index in [0.717, 1.165) is 10.5 Å². The molecule has 0 spiro atoms. The van der Waals surface area contributed by atoms with E-state index >= 15 is 0 Å². The number of rotatable bonds is 5. The minimum absolute atomic E-state index is 0.351. The van der Waals surface area contributed by atoms with Crippen LogP contribution in [0.3, 0.4) is 0 Å². The van der Waals surface area contributed by atoms with Crippen LogP contribution in [0.2, 0.25) is 0 Å². The molecule has 0 saturated heterocycles. The van der Waals surface area contributed by atoms with Gasteiger partial charge in [-0.2, -0.15) is 0 Å². The van der Waals surface area contributed by atoms with E-state index in [1.54, 1.807) is 17.8 Å². The molecule has 0 heterocycles. The van der Waals surface area contributed by atoms with E-state index in [2.05, 4.69) is 0 Å². The van der Waals surface area contributed by atoms with Gasteiger partial charge in [-0.25, -0.2) is 4.39 Å². The maximum atomic E-state index is 14.3. The lowest BCUT2D eigenvalue weighted by molar-refractivity contribution is 0.351. The molecule has 3 nitrogen and oxygen atoms in total. The number of benzene rings is 2. The van der Waals surface area contributed by atoms with Crippen molar-refractivity contribution in [3.63, 3.8) is 0 Å². The summed E-state index contributed by atoms with van der Waals surface area (Å²) in [7, 11) is 2.99. The van der Waals surface area contributed by atoms with Crippen LogP contribution in [-0.2, 0) is 0 Å². The van der Waals surface area contributed by atoms with Crippen molar-refractivity contribution in [1.82, 2.24) is 0 Å². The Bertz CT molecular complexity index is 634. The third-order valence-corrected chi connectivity index (χ3v) is 4.12. The molecule has 2 N–H and O–H groups in total. The van der Waals surface area contributed by atoms with Gasteiger partial charge in [0.2, 0.25) is 0 Å². The molecular formula is C16H18FNO2S. The molecule has 0 aliphatic rings. The molecule has 2 aromatic carbocycles. The van der Waals surface area contributed by atoms with Crippen molar-refractivity contribution in [3.8, 4) is 11.5 Å². The molecule has 0 saturated carbocycles. The van der Waals surface area contributed by atoms with E-state index in [4.69, 9.17) is 15.2 Å². The fraction of sp³-hybridized carbons (Fsp3) is 0.250. The summed E-state index contributed by atoms with van der Waals surface area (Å²) >= 11 is 1.58. The number of hydrogen-bond donors (Lipinski definition) is 1. The van der Waals surface area contributed by atoms with Crippen LogP contribution in [0.1, 0.15) is 17.2 Å². The summed E-state index contributed by atoms with van der Waals surface area (Å²) in [5.41, 5.74) is 7.53. The molecule has 2 aromatic rings. The molecule has 5 heteroatoms. The molecule has 0 aliphatic heterocycles. The second kappa shape index (κ2) is 6.83. The number of ether oxygens (including phenoxy) is 2. The Hall–Kier alpha value is -1.72. The first kappa shape index (κ1) is 15.7. The average molecular weight is 307 g/mol. The van der Waals surface area contributed by atoms with Crippen LogP contribution in [0.15, 0.2) is 41.3 Å². The highest BCUT2D eigenvalue weighted by Gasteiger charge is 2.19. The molecule has 21 heavy (non-hydrogen) atoms. The molecule has 0 amide bonds. The van der Waals surface area contributed by atoms with E-state index in [0.29, 0.717) is 17.1 Å². The standard InChI is InChI=1S/C16H18FNO2S/c1-19-13-8-11(12(17)9-14(13)20-2)16(18)10-6-4-5-7-15(10)21-3/h4-9,16H,18H2,1-3H3. The molecule has 0 fully saturated rings. The fourth-order valence-electron chi connectivity index (χ4n) is 2.20. The lowest BCUT2D eigenvalue weighted by Crippen LogP contribution is -2.15. The number of thioether (sulfide) groups is 1. The van der Waals surface area contributed by atoms with E-state index in [1.807, 2.05) is 30.5 Å². The van der Waals surface area contributed by atoms with Gasteiger partial charge in [-0.05, 0) is 24.0 Å². The third kappa shape index (κ3) is 3.14. The molecule has 1 unspecified atom stereocenters. The SMILES string of the molecule is COc1cc(F)c(C(N)c2ccccc2SC)cc1OC. The van der Waals surface area contributed by atoms with Crippen molar-refractivity contribution in [2.24, 2.45) is 5.73 Å². The summed E-state index contributed by atoms with van der Waals surface area (Å²) in [5, 5.41) is 0. The molecule has 112 valence electrons. The predicted octanol–water partition coefficient (Wildman–Crippen LogP) is 3.61. The maximum Gasteiger partial charge on any atom is 0.163 e. The van der Waals surface area contributed by atoms with Gasteiger partial charge in [0.15, 0.2) is 11.5 Å². The summed E-state index contributed by atoms with van der Waals surface area (Å²) in [4.78, 5) is 1.03. The Balaban J connectivity index is 2.50. The van der Waals surface area contributed by atoms with Crippen molar-refractivity contribution < 1.29 is 13.9 Å². The van der Waals surface area contributed by atoms with Crippen LogP contribution in [0.4, 0.5) is 4.39 Å². The lowest BCUT2D eigenvalue weighted by atomic mass is 9.98. The van der Waals surface area contributed by atoms with E-state index in [1.165, 1.54) is 20.3 Å². The topological polar surface area (TPSA) is 44.5 Å². The van der Waals surface area contributed by atoms with Gasteiger partial charge in [-0.1, -0.05) is 18.2 Å². The average Bonchev–Trinajstić information content (AvgIpc) is 2.53. The van der Waals surface area contributed by atoms with Crippen molar-refractivity contribution in [2.75, 3.05) is 20.5 Å². The smallest absolute Gasteiger partial charge is 0.163 e. The van der Waals surface area contributed by atoms with Gasteiger partial charge in [0.1, 0.15) is 5.82 Å². The minimum atomic E-state index is -0.562. The van der Waals surface area contributed by atoms with Crippen LogP contribution < -0.4 is 15.2 Å². The predicted molar refractivity (Wildman–Crippen MR) is 83.8 cm³/mol. The summed E-state index contributed by atoms with van der Waals surface area (Å²) in [6.07, 6.45) is 1.97. The molecule has 0 radical (unpaired) electrons. The Morgan fingerprint density at radius 3 is 2.29 bits per heavy atom. The molecular weight excluding hydrogens is 289 g/mol. The quantitative estimate of drug-likeness (QED) is 0.857. The van der Waals surface area contributed by atoms with Crippen molar-refractivity contribution in [1.29, 1.82) is 0 Å². The highest BCUT2D eigenvalue weighted by atomic mass is 32.2. The van der Waals surface area contributed by atoms with Crippen molar-refractivity contribution >= 4 is 11.8 Å². The second-order valence-corrected chi connectivity index (χ2v) is 5.30. The highest BCUT2D eigenvalue weighted by Crippen LogP contribution is 2.35. The van der Waals surface area contributed by atoms with Gasteiger partial charge in [0.05, 0.1) is 20.3 Å². The normalized spacial score (nSPS) is 12.0. The van der Waals surface area contributed by atoms with Crippen molar-refractivity contribution in [2.45, 2.75) is 10.9 Å². The zero-order valence-electron chi connectivity index (χ0n) is 12.2. The van der Waals surface area contributed by atoms with Crippen LogP contribution in [0.25, 0.3) is 0 Å². The summed E-state index contributed by atoms with van der Waals surface area (Å²) in [6, 6.07) is 10.0. The molecule has 1 atom stereocenters. The van der Waals surface area contributed by atoms with Gasteiger partial charge in [-0.3, -0.25) is 0 Å². The van der Waals surface area contributed by atoms with Crippen LogP contribution >= 0.6 is 11.8 Å². The molecule has 0 aromatic heterocycles. The minimum Gasteiger partial charge on any atom is -0.493 e. The van der Waals surface area contributed by atoms with E-state index in [-0.39, 0.29) is 0 Å². The Labute approximate surface area is 128 Å². The maximum absolute atomic E-state index is 14.3. The molecule has 2 rings (SSSR count). The Morgan fingerprint density at radius 1 is 1.05 bits per heavy atom. The van der Waals surface area contributed by atoms with Gasteiger partial charge < -0.3 is 15.2 Å². The van der Waals surface area contributed by atoms with E-state index in [9.17, 15) is 4.39 Å². The number of hydrogen-bond acceptors (Lipinski definition) is 4. The zero-order valence-corrected chi connectivity index (χ0v) is 13.0. The largest absolute Gasteiger partial charge is 0.493 e. The number of nitrogens with two attached hydrogens (primary N) is 1. The van der Waals surface area contributed by atoms with Crippen LogP contribution in [0.5, 0.6) is 11.5 Å². The number of halogens is 1. The Morgan fingerprint density at radius 2 is 1.67 bits per heavy atom. The molecule has 0 aliphatic carbocycles. The Kier molecular flexibility index (Phi) is 5.09. The molecule has 0 bridgehead atoms.